The van der Waals surface area contributed by atoms with Crippen molar-refractivity contribution in [2.45, 2.75) is 69.4 Å². The first-order valence-corrected chi connectivity index (χ1v) is 8.92. The highest BCUT2D eigenvalue weighted by Crippen LogP contribution is 2.52. The number of hydrogen-bond donors (Lipinski definition) is 1. The zero-order valence-electron chi connectivity index (χ0n) is 13.8. The van der Waals surface area contributed by atoms with Gasteiger partial charge in [0.05, 0.1) is 18.1 Å². The van der Waals surface area contributed by atoms with Gasteiger partial charge in [-0.15, -0.1) is 0 Å². The van der Waals surface area contributed by atoms with E-state index in [2.05, 4.69) is 30.3 Å². The molecule has 0 aliphatic heterocycles. The molecule has 2 saturated carbocycles. The van der Waals surface area contributed by atoms with Gasteiger partial charge < -0.3 is 5.11 Å². The van der Waals surface area contributed by atoms with Crippen molar-refractivity contribution in [3.63, 3.8) is 0 Å². The van der Waals surface area contributed by atoms with Gasteiger partial charge in [-0.3, -0.25) is 0 Å². The average molecular weight is 311 g/mol. The standard InChI is InChI=1S/C19H25N3O/c1-2-16(23)13-22-17(14-7-6-8-14)20-18(21-22)19(11-12-19)15-9-4-3-5-10-15/h3-5,9-10,14,16,23H,2,6-8,11-13H2,1H3. The summed E-state index contributed by atoms with van der Waals surface area (Å²) in [5, 5.41) is 14.9. The van der Waals surface area contributed by atoms with Crippen LogP contribution in [0.5, 0.6) is 0 Å². The molecule has 0 saturated heterocycles. The van der Waals surface area contributed by atoms with Gasteiger partial charge >= 0.3 is 0 Å². The molecular weight excluding hydrogens is 286 g/mol. The summed E-state index contributed by atoms with van der Waals surface area (Å²) in [5.41, 5.74) is 1.34. The van der Waals surface area contributed by atoms with Crippen LogP contribution in [0.2, 0.25) is 0 Å². The first-order valence-electron chi connectivity index (χ1n) is 8.92. The Bertz CT molecular complexity index is 671. The molecule has 1 atom stereocenters. The maximum atomic E-state index is 10.1. The molecule has 122 valence electrons. The Morgan fingerprint density at radius 1 is 1.26 bits per heavy atom. The van der Waals surface area contributed by atoms with E-state index >= 15 is 0 Å². The second-order valence-electron chi connectivity index (χ2n) is 7.11. The third-order valence-electron chi connectivity index (χ3n) is 5.53. The van der Waals surface area contributed by atoms with Gasteiger partial charge in [0.15, 0.2) is 5.82 Å². The third kappa shape index (κ3) is 2.59. The predicted octanol–water partition coefficient (Wildman–Crippen LogP) is 3.40. The van der Waals surface area contributed by atoms with Gasteiger partial charge in [-0.05, 0) is 37.7 Å². The lowest BCUT2D eigenvalue weighted by atomic mass is 9.84. The summed E-state index contributed by atoms with van der Waals surface area (Å²) < 4.78 is 2.00. The summed E-state index contributed by atoms with van der Waals surface area (Å²) in [4.78, 5) is 4.97. The normalized spacial score (nSPS) is 21.0. The van der Waals surface area contributed by atoms with Crippen LogP contribution in [-0.2, 0) is 12.0 Å². The van der Waals surface area contributed by atoms with Crippen molar-refractivity contribution in [3.8, 4) is 0 Å². The minimum Gasteiger partial charge on any atom is -0.391 e. The monoisotopic (exact) mass is 311 g/mol. The molecule has 2 aliphatic carbocycles. The summed E-state index contributed by atoms with van der Waals surface area (Å²) >= 11 is 0. The number of benzene rings is 1. The van der Waals surface area contributed by atoms with Crippen molar-refractivity contribution in [3.05, 3.63) is 47.5 Å². The first-order chi connectivity index (χ1) is 11.2. The van der Waals surface area contributed by atoms with E-state index in [0.29, 0.717) is 12.5 Å². The quantitative estimate of drug-likeness (QED) is 0.889. The molecule has 1 unspecified atom stereocenters. The number of aliphatic hydroxyl groups is 1. The van der Waals surface area contributed by atoms with Gasteiger partial charge in [-0.1, -0.05) is 43.7 Å². The van der Waals surface area contributed by atoms with Crippen molar-refractivity contribution in [1.29, 1.82) is 0 Å². The van der Waals surface area contributed by atoms with Gasteiger partial charge in [0, 0.05) is 5.92 Å². The van der Waals surface area contributed by atoms with E-state index in [4.69, 9.17) is 10.1 Å². The van der Waals surface area contributed by atoms with Gasteiger partial charge in [-0.2, -0.15) is 5.10 Å². The predicted molar refractivity (Wildman–Crippen MR) is 89.4 cm³/mol. The summed E-state index contributed by atoms with van der Waals surface area (Å²) in [6, 6.07) is 10.6. The molecule has 4 nitrogen and oxygen atoms in total. The van der Waals surface area contributed by atoms with Crippen molar-refractivity contribution in [2.75, 3.05) is 0 Å². The molecule has 0 spiro atoms. The van der Waals surface area contributed by atoms with Gasteiger partial charge in [0.25, 0.3) is 0 Å². The van der Waals surface area contributed by atoms with Crippen molar-refractivity contribution in [2.24, 2.45) is 0 Å². The molecule has 0 radical (unpaired) electrons. The molecule has 4 heteroatoms. The van der Waals surface area contributed by atoms with Crippen LogP contribution in [-0.4, -0.2) is 26.0 Å². The molecule has 1 N–H and O–H groups in total. The highest BCUT2D eigenvalue weighted by atomic mass is 16.3. The number of rotatable bonds is 6. The molecule has 1 aromatic heterocycles. The second kappa shape index (κ2) is 5.75. The lowest BCUT2D eigenvalue weighted by molar-refractivity contribution is 0.142. The van der Waals surface area contributed by atoms with E-state index in [0.717, 1.165) is 30.9 Å². The van der Waals surface area contributed by atoms with Crippen LogP contribution in [0.1, 0.15) is 68.6 Å². The minimum atomic E-state index is -0.338. The van der Waals surface area contributed by atoms with E-state index in [9.17, 15) is 5.11 Å². The van der Waals surface area contributed by atoms with Crippen LogP contribution in [0.3, 0.4) is 0 Å². The molecule has 1 heterocycles. The first kappa shape index (κ1) is 14.9. The topological polar surface area (TPSA) is 50.9 Å². The van der Waals surface area contributed by atoms with Crippen LogP contribution in [0, 0.1) is 0 Å². The summed E-state index contributed by atoms with van der Waals surface area (Å²) in [6.45, 7) is 2.58. The highest BCUT2D eigenvalue weighted by Gasteiger charge is 2.50. The molecule has 2 aliphatic rings. The fourth-order valence-electron chi connectivity index (χ4n) is 3.51. The van der Waals surface area contributed by atoms with Crippen molar-refractivity contribution in [1.82, 2.24) is 14.8 Å². The second-order valence-corrected chi connectivity index (χ2v) is 7.11. The summed E-state index contributed by atoms with van der Waals surface area (Å²) in [5.74, 6) is 2.60. The van der Waals surface area contributed by atoms with E-state index in [1.165, 1.54) is 24.8 Å². The average Bonchev–Trinajstić information content (AvgIpc) is 3.25. The SMILES string of the molecule is CCC(O)Cn1nc(C2(c3ccccc3)CC2)nc1C1CCC1. The Labute approximate surface area is 137 Å². The lowest BCUT2D eigenvalue weighted by Crippen LogP contribution is -2.22. The number of nitrogens with zero attached hydrogens (tertiary/aromatic N) is 3. The molecule has 4 rings (SSSR count). The van der Waals surface area contributed by atoms with E-state index < -0.39 is 0 Å². The molecule has 0 amide bonds. The van der Waals surface area contributed by atoms with Gasteiger partial charge in [0.1, 0.15) is 5.82 Å². The summed E-state index contributed by atoms with van der Waals surface area (Å²) in [6.07, 6.45) is 6.37. The fourth-order valence-corrected chi connectivity index (χ4v) is 3.51. The number of aliphatic hydroxyl groups excluding tert-OH is 1. The highest BCUT2D eigenvalue weighted by molar-refractivity contribution is 5.39. The fraction of sp³-hybridized carbons (Fsp3) is 0.579. The van der Waals surface area contributed by atoms with Crippen LogP contribution in [0.25, 0.3) is 0 Å². The maximum Gasteiger partial charge on any atom is 0.161 e. The van der Waals surface area contributed by atoms with Crippen LogP contribution in [0.15, 0.2) is 30.3 Å². The molecular formula is C19H25N3O. The zero-order chi connectivity index (χ0) is 15.9. The Morgan fingerprint density at radius 2 is 2.00 bits per heavy atom. The van der Waals surface area contributed by atoms with Crippen molar-refractivity contribution >= 4 is 0 Å². The Hall–Kier alpha value is -1.68. The third-order valence-corrected chi connectivity index (χ3v) is 5.53. The van der Waals surface area contributed by atoms with Gasteiger partial charge in [-0.25, -0.2) is 9.67 Å². The molecule has 2 fully saturated rings. The Balaban J connectivity index is 1.69. The molecule has 0 bridgehead atoms. The summed E-state index contributed by atoms with van der Waals surface area (Å²) in [7, 11) is 0. The zero-order valence-corrected chi connectivity index (χ0v) is 13.8. The maximum absolute atomic E-state index is 10.1. The largest absolute Gasteiger partial charge is 0.391 e. The molecule has 2 aromatic rings. The molecule has 1 aromatic carbocycles. The molecule has 23 heavy (non-hydrogen) atoms. The smallest absolute Gasteiger partial charge is 0.161 e. The Morgan fingerprint density at radius 3 is 2.57 bits per heavy atom. The van der Waals surface area contributed by atoms with E-state index in [-0.39, 0.29) is 11.5 Å². The van der Waals surface area contributed by atoms with E-state index in [1.807, 2.05) is 11.6 Å². The lowest BCUT2D eigenvalue weighted by Gasteiger charge is -2.25. The number of aromatic nitrogens is 3. The number of hydrogen-bond acceptors (Lipinski definition) is 3. The minimum absolute atomic E-state index is 0.0160. The van der Waals surface area contributed by atoms with Crippen LogP contribution in [0.4, 0.5) is 0 Å². The van der Waals surface area contributed by atoms with Crippen molar-refractivity contribution < 1.29 is 5.11 Å². The van der Waals surface area contributed by atoms with Gasteiger partial charge in [0.2, 0.25) is 0 Å². The Kier molecular flexibility index (Phi) is 3.72. The van der Waals surface area contributed by atoms with E-state index in [1.54, 1.807) is 0 Å². The van der Waals surface area contributed by atoms with Crippen LogP contribution >= 0.6 is 0 Å². The van der Waals surface area contributed by atoms with Crippen LogP contribution < -0.4 is 0 Å².